The van der Waals surface area contributed by atoms with E-state index in [0.717, 1.165) is 5.69 Å². The number of methoxy groups -OCH3 is 1. The minimum absolute atomic E-state index is 0.0910. The number of nitrogens with zero attached hydrogens (tertiary/aromatic N) is 3. The van der Waals surface area contributed by atoms with E-state index < -0.39 is 0 Å². The Labute approximate surface area is 125 Å². The minimum atomic E-state index is -0.366. The van der Waals surface area contributed by atoms with Crippen LogP contribution < -0.4 is 5.32 Å². The van der Waals surface area contributed by atoms with Gasteiger partial charge in [-0.15, -0.1) is 11.3 Å². The minimum Gasteiger partial charge on any atom is -0.469 e. The van der Waals surface area contributed by atoms with Gasteiger partial charge in [-0.25, -0.2) is 4.98 Å². The zero-order chi connectivity index (χ0) is 15.2. The van der Waals surface area contributed by atoms with E-state index >= 15 is 0 Å². The number of rotatable bonds is 5. The molecule has 0 saturated carbocycles. The Bertz CT molecular complexity index is 675. The average Bonchev–Trinajstić information content (AvgIpc) is 3.05. The predicted molar refractivity (Wildman–Crippen MR) is 78.7 cm³/mol. The molecule has 0 fully saturated rings. The lowest BCUT2D eigenvalue weighted by atomic mass is 10.3. The van der Waals surface area contributed by atoms with Gasteiger partial charge in [0.1, 0.15) is 0 Å². The van der Waals surface area contributed by atoms with Gasteiger partial charge in [-0.3, -0.25) is 19.6 Å². The molecular weight excluding hydrogens is 292 g/mol. The molecule has 0 atom stereocenters. The summed E-state index contributed by atoms with van der Waals surface area (Å²) in [6.45, 7) is 0. The molecule has 0 aromatic carbocycles. The van der Waals surface area contributed by atoms with Crippen LogP contribution in [0.2, 0.25) is 0 Å². The highest BCUT2D eigenvalue weighted by atomic mass is 32.1. The van der Waals surface area contributed by atoms with Gasteiger partial charge < -0.3 is 4.74 Å². The summed E-state index contributed by atoms with van der Waals surface area (Å²) in [5.74, 6) is -0.663. The summed E-state index contributed by atoms with van der Waals surface area (Å²) in [5.41, 5.74) is 1.38. The van der Waals surface area contributed by atoms with Gasteiger partial charge in [0.25, 0.3) is 0 Å². The van der Waals surface area contributed by atoms with Crippen LogP contribution in [0.25, 0.3) is 6.08 Å². The summed E-state index contributed by atoms with van der Waals surface area (Å²) >= 11 is 1.25. The van der Waals surface area contributed by atoms with Crippen molar-refractivity contribution in [3.63, 3.8) is 0 Å². The number of carbonyl (C=O) groups is 2. The molecule has 0 bridgehead atoms. The van der Waals surface area contributed by atoms with Crippen LogP contribution in [-0.4, -0.2) is 33.8 Å². The molecule has 110 valence electrons. The van der Waals surface area contributed by atoms with Crippen LogP contribution in [0.4, 0.5) is 5.13 Å². The van der Waals surface area contributed by atoms with Crippen LogP contribution >= 0.6 is 11.3 Å². The lowest BCUT2D eigenvalue weighted by Gasteiger charge is -1.97. The third-order valence-electron chi connectivity index (χ3n) is 2.60. The molecule has 0 unspecified atom stereocenters. The summed E-state index contributed by atoms with van der Waals surface area (Å²) < 4.78 is 6.21. The lowest BCUT2D eigenvalue weighted by Crippen LogP contribution is -2.08. The number of ether oxygens (including phenoxy) is 1. The predicted octanol–water partition coefficient (Wildman–Crippen LogP) is 1.24. The second-order valence-corrected chi connectivity index (χ2v) is 4.96. The van der Waals surface area contributed by atoms with Gasteiger partial charge in [0.15, 0.2) is 5.13 Å². The Balaban J connectivity index is 1.92. The molecule has 1 amide bonds. The zero-order valence-corrected chi connectivity index (χ0v) is 12.4. The summed E-state index contributed by atoms with van der Waals surface area (Å²) in [6, 6.07) is 1.79. The average molecular weight is 306 g/mol. The number of amides is 1. The van der Waals surface area contributed by atoms with Gasteiger partial charge in [0, 0.05) is 24.7 Å². The molecule has 0 radical (unpaired) electrons. The fraction of sp³-hybridized carbons (Fsp3) is 0.231. The number of thiazole rings is 1. The van der Waals surface area contributed by atoms with Crippen LogP contribution in [0, 0.1) is 0 Å². The molecule has 21 heavy (non-hydrogen) atoms. The van der Waals surface area contributed by atoms with E-state index in [1.165, 1.54) is 24.5 Å². The summed E-state index contributed by atoms with van der Waals surface area (Å²) in [7, 11) is 3.11. The largest absolute Gasteiger partial charge is 0.469 e. The maximum atomic E-state index is 11.8. The molecule has 0 spiro atoms. The normalized spacial score (nSPS) is 10.8. The third kappa shape index (κ3) is 4.25. The smallest absolute Gasteiger partial charge is 0.311 e. The fourth-order valence-corrected chi connectivity index (χ4v) is 2.23. The number of carbonyl (C=O) groups excluding carboxylic acids is 2. The van der Waals surface area contributed by atoms with Crippen molar-refractivity contribution in [2.75, 3.05) is 12.4 Å². The quantitative estimate of drug-likeness (QED) is 0.663. The maximum absolute atomic E-state index is 11.8. The first kappa shape index (κ1) is 14.9. The van der Waals surface area contributed by atoms with Gasteiger partial charge in [0.2, 0.25) is 5.91 Å². The van der Waals surface area contributed by atoms with Gasteiger partial charge in [-0.2, -0.15) is 5.10 Å². The number of hydrogen-bond acceptors (Lipinski definition) is 6. The molecule has 7 nitrogen and oxygen atoms in total. The van der Waals surface area contributed by atoms with E-state index in [0.29, 0.717) is 10.8 Å². The highest BCUT2D eigenvalue weighted by molar-refractivity contribution is 7.14. The number of hydrogen-bond donors (Lipinski definition) is 1. The van der Waals surface area contributed by atoms with Crippen LogP contribution in [0.3, 0.4) is 0 Å². The molecular formula is C13H14N4O3S. The Kier molecular flexibility index (Phi) is 4.83. The lowest BCUT2D eigenvalue weighted by molar-refractivity contribution is -0.139. The third-order valence-corrected chi connectivity index (χ3v) is 3.41. The molecule has 0 aliphatic heterocycles. The molecule has 8 heteroatoms. The van der Waals surface area contributed by atoms with Crippen molar-refractivity contribution in [2.24, 2.45) is 7.05 Å². The molecule has 2 aromatic rings. The number of anilines is 1. The number of aryl methyl sites for hydroxylation is 1. The first-order valence-electron chi connectivity index (χ1n) is 6.07. The molecule has 0 aliphatic rings. The first-order valence-corrected chi connectivity index (χ1v) is 6.94. The molecule has 0 saturated heterocycles. The van der Waals surface area contributed by atoms with Crippen LogP contribution in [0.5, 0.6) is 0 Å². The van der Waals surface area contributed by atoms with Crippen LogP contribution in [-0.2, 0) is 27.8 Å². The Morgan fingerprint density at radius 3 is 3.00 bits per heavy atom. The van der Waals surface area contributed by atoms with E-state index in [2.05, 4.69) is 20.1 Å². The van der Waals surface area contributed by atoms with Gasteiger partial charge in [-0.05, 0) is 12.1 Å². The standard InChI is InChI=1S/C13H14N4O3S/c1-17-10(5-6-14-17)3-4-11(18)16-13-15-9(8-21-13)7-12(19)20-2/h3-6,8H,7H2,1-2H3,(H,15,16,18)/b4-3+. The van der Waals surface area contributed by atoms with Crippen molar-refractivity contribution < 1.29 is 14.3 Å². The van der Waals surface area contributed by atoms with E-state index in [4.69, 9.17) is 0 Å². The maximum Gasteiger partial charge on any atom is 0.311 e. The summed E-state index contributed by atoms with van der Waals surface area (Å²) in [4.78, 5) is 27.0. The van der Waals surface area contributed by atoms with Crippen molar-refractivity contribution >= 4 is 34.4 Å². The Hall–Kier alpha value is -2.48. The second kappa shape index (κ2) is 6.80. The Morgan fingerprint density at radius 1 is 1.52 bits per heavy atom. The van der Waals surface area contributed by atoms with Crippen LogP contribution in [0.15, 0.2) is 23.7 Å². The van der Waals surface area contributed by atoms with Gasteiger partial charge >= 0.3 is 5.97 Å². The van der Waals surface area contributed by atoms with E-state index in [1.807, 2.05) is 0 Å². The summed E-state index contributed by atoms with van der Waals surface area (Å²) in [6.07, 6.45) is 4.80. The topological polar surface area (TPSA) is 86.1 Å². The molecule has 2 heterocycles. The van der Waals surface area contributed by atoms with E-state index in [1.54, 1.807) is 35.4 Å². The first-order chi connectivity index (χ1) is 10.1. The van der Waals surface area contributed by atoms with Crippen LogP contribution in [0.1, 0.15) is 11.4 Å². The zero-order valence-electron chi connectivity index (χ0n) is 11.6. The Morgan fingerprint density at radius 2 is 2.33 bits per heavy atom. The molecule has 1 N–H and O–H groups in total. The molecule has 0 aliphatic carbocycles. The number of esters is 1. The SMILES string of the molecule is COC(=O)Cc1csc(NC(=O)/C=C/c2ccnn2C)n1. The van der Waals surface area contributed by atoms with Crippen molar-refractivity contribution in [3.8, 4) is 0 Å². The summed E-state index contributed by atoms with van der Waals surface area (Å²) in [5, 5.41) is 8.78. The fourth-order valence-electron chi connectivity index (χ4n) is 1.52. The van der Waals surface area contributed by atoms with Crippen molar-refractivity contribution in [1.82, 2.24) is 14.8 Å². The van der Waals surface area contributed by atoms with E-state index in [-0.39, 0.29) is 18.3 Å². The van der Waals surface area contributed by atoms with Crippen molar-refractivity contribution in [1.29, 1.82) is 0 Å². The van der Waals surface area contributed by atoms with E-state index in [9.17, 15) is 9.59 Å². The number of aromatic nitrogens is 3. The molecule has 2 rings (SSSR count). The van der Waals surface area contributed by atoms with Crippen molar-refractivity contribution in [2.45, 2.75) is 6.42 Å². The highest BCUT2D eigenvalue weighted by Gasteiger charge is 2.08. The monoisotopic (exact) mass is 306 g/mol. The van der Waals surface area contributed by atoms with Gasteiger partial charge in [-0.1, -0.05) is 0 Å². The number of nitrogens with one attached hydrogen (secondary N) is 1. The molecule has 2 aromatic heterocycles. The second-order valence-electron chi connectivity index (χ2n) is 4.10. The van der Waals surface area contributed by atoms with Crippen molar-refractivity contribution in [3.05, 3.63) is 35.1 Å². The van der Waals surface area contributed by atoms with Gasteiger partial charge in [0.05, 0.1) is 24.9 Å². The highest BCUT2D eigenvalue weighted by Crippen LogP contribution is 2.16.